The molecule has 1 fully saturated rings. The Balaban J connectivity index is 2.20. The number of aryl methyl sites for hydroxylation is 1. The van der Waals surface area contributed by atoms with Crippen LogP contribution in [0.4, 0.5) is 5.69 Å². The van der Waals surface area contributed by atoms with Crippen molar-refractivity contribution >= 4 is 26.4 Å². The van der Waals surface area contributed by atoms with Gasteiger partial charge in [-0.15, -0.1) is 0 Å². The summed E-state index contributed by atoms with van der Waals surface area (Å²) in [6, 6.07) is 5.47. The van der Waals surface area contributed by atoms with Crippen molar-refractivity contribution in [3.8, 4) is 0 Å². The number of sulfone groups is 1. The van der Waals surface area contributed by atoms with Crippen LogP contribution in [0.3, 0.4) is 0 Å². The quantitative estimate of drug-likeness (QED) is 0.935. The Morgan fingerprint density at radius 3 is 2.61 bits per heavy atom. The minimum Gasteiger partial charge on any atom is -0.388 e. The summed E-state index contributed by atoms with van der Waals surface area (Å²) in [6.45, 7) is 4.65. The molecule has 0 saturated carbocycles. The Bertz CT molecular complexity index is 840. The van der Waals surface area contributed by atoms with Crippen molar-refractivity contribution in [1.82, 2.24) is 4.98 Å². The molecule has 0 amide bonds. The second kappa shape index (κ2) is 5.76. The Labute approximate surface area is 137 Å². The smallest absolute Gasteiger partial charge is 0.184 e. The molecule has 1 saturated heterocycles. The fraction of sp³-hybridized carbons (Fsp3) is 0.471. The van der Waals surface area contributed by atoms with Gasteiger partial charge in [-0.1, -0.05) is 0 Å². The summed E-state index contributed by atoms with van der Waals surface area (Å²) in [4.78, 5) is 4.75. The van der Waals surface area contributed by atoms with Crippen LogP contribution in [0.2, 0.25) is 0 Å². The number of ether oxygens (including phenoxy) is 1. The highest BCUT2D eigenvalue weighted by atomic mass is 32.2. The molecule has 0 unspecified atom stereocenters. The van der Waals surface area contributed by atoms with Gasteiger partial charge in [-0.2, -0.15) is 0 Å². The zero-order valence-corrected chi connectivity index (χ0v) is 14.5. The van der Waals surface area contributed by atoms with E-state index in [-0.39, 0.29) is 0 Å². The van der Waals surface area contributed by atoms with E-state index in [9.17, 15) is 8.42 Å². The molecule has 2 aromatic rings. The summed E-state index contributed by atoms with van der Waals surface area (Å²) < 4.78 is 31.1. The lowest BCUT2D eigenvalue weighted by Gasteiger charge is -2.33. The second-order valence-corrected chi connectivity index (χ2v) is 8.74. The number of anilines is 1. The van der Waals surface area contributed by atoms with Crippen molar-refractivity contribution in [3.63, 3.8) is 0 Å². The molecule has 0 aliphatic carbocycles. The molecule has 5 nitrogen and oxygen atoms in total. The predicted molar refractivity (Wildman–Crippen MR) is 91.7 cm³/mol. The first-order valence-electron chi connectivity index (χ1n) is 7.78. The standard InChI is InChI=1S/C17H22N2O3S/c1-12-10-15-13(14(18-3)4-7-19-15)11-16(12)23(20,21)17(2)5-8-22-9-6-17/h4,7,10-11H,5-6,8-9H2,1-3H3,(H,18,19). The number of aromatic nitrogens is 1. The average molecular weight is 334 g/mol. The number of fused-ring (bicyclic) bond motifs is 1. The van der Waals surface area contributed by atoms with Gasteiger partial charge in [0.25, 0.3) is 0 Å². The minimum atomic E-state index is -3.44. The number of rotatable bonds is 3. The van der Waals surface area contributed by atoms with Crippen molar-refractivity contribution in [1.29, 1.82) is 0 Å². The van der Waals surface area contributed by atoms with Crippen molar-refractivity contribution < 1.29 is 13.2 Å². The molecular formula is C17H22N2O3S. The van der Waals surface area contributed by atoms with Crippen LogP contribution in [0.25, 0.3) is 10.9 Å². The Hall–Kier alpha value is -1.66. The molecule has 23 heavy (non-hydrogen) atoms. The van der Waals surface area contributed by atoms with Crippen molar-refractivity contribution in [2.24, 2.45) is 0 Å². The van der Waals surface area contributed by atoms with Gasteiger partial charge in [0, 0.05) is 37.5 Å². The first-order valence-corrected chi connectivity index (χ1v) is 9.27. The molecule has 1 aromatic heterocycles. The van der Waals surface area contributed by atoms with E-state index in [0.717, 1.165) is 22.2 Å². The monoisotopic (exact) mass is 334 g/mol. The summed E-state index contributed by atoms with van der Waals surface area (Å²) in [6.07, 6.45) is 2.78. The highest BCUT2D eigenvalue weighted by Gasteiger charge is 2.42. The zero-order valence-electron chi connectivity index (χ0n) is 13.7. The van der Waals surface area contributed by atoms with E-state index in [4.69, 9.17) is 4.74 Å². The number of benzene rings is 1. The van der Waals surface area contributed by atoms with Crippen LogP contribution >= 0.6 is 0 Å². The van der Waals surface area contributed by atoms with Gasteiger partial charge in [0.2, 0.25) is 0 Å². The Morgan fingerprint density at radius 2 is 1.96 bits per heavy atom. The number of nitrogens with one attached hydrogen (secondary N) is 1. The van der Waals surface area contributed by atoms with Gasteiger partial charge in [0.15, 0.2) is 9.84 Å². The highest BCUT2D eigenvalue weighted by Crippen LogP contribution is 2.37. The van der Waals surface area contributed by atoms with E-state index in [1.54, 1.807) is 12.3 Å². The first kappa shape index (κ1) is 16.2. The number of hydrogen-bond donors (Lipinski definition) is 1. The summed E-state index contributed by atoms with van der Waals surface area (Å²) in [5.74, 6) is 0. The van der Waals surface area contributed by atoms with E-state index in [2.05, 4.69) is 10.3 Å². The summed E-state index contributed by atoms with van der Waals surface area (Å²) in [5, 5.41) is 3.93. The highest BCUT2D eigenvalue weighted by molar-refractivity contribution is 7.92. The lowest BCUT2D eigenvalue weighted by molar-refractivity contribution is 0.0789. The van der Waals surface area contributed by atoms with Crippen LogP contribution in [0, 0.1) is 6.92 Å². The van der Waals surface area contributed by atoms with E-state index in [1.165, 1.54) is 0 Å². The van der Waals surface area contributed by atoms with Crippen LogP contribution in [0.15, 0.2) is 29.3 Å². The van der Waals surface area contributed by atoms with Crippen LogP contribution in [0.5, 0.6) is 0 Å². The molecule has 2 heterocycles. The second-order valence-electron chi connectivity index (χ2n) is 6.31. The number of pyridine rings is 1. The van der Waals surface area contributed by atoms with Crippen molar-refractivity contribution in [2.45, 2.75) is 36.3 Å². The normalized spacial score (nSPS) is 18.0. The maximum Gasteiger partial charge on any atom is 0.184 e. The maximum absolute atomic E-state index is 13.3. The van der Waals surface area contributed by atoms with Gasteiger partial charge >= 0.3 is 0 Å². The summed E-state index contributed by atoms with van der Waals surface area (Å²) in [5.41, 5.74) is 2.42. The van der Waals surface area contributed by atoms with Crippen molar-refractivity contribution in [3.05, 3.63) is 30.0 Å². The third-order valence-electron chi connectivity index (χ3n) is 4.80. The van der Waals surface area contributed by atoms with Gasteiger partial charge in [-0.25, -0.2) is 8.42 Å². The van der Waals surface area contributed by atoms with Gasteiger partial charge in [-0.3, -0.25) is 4.98 Å². The van der Waals surface area contributed by atoms with Gasteiger partial charge in [0.05, 0.1) is 15.2 Å². The minimum absolute atomic E-state index is 0.402. The van der Waals surface area contributed by atoms with Crippen LogP contribution < -0.4 is 5.32 Å². The lowest BCUT2D eigenvalue weighted by Crippen LogP contribution is -2.41. The predicted octanol–water partition coefficient (Wildman–Crippen LogP) is 2.93. The molecule has 0 spiro atoms. The number of hydrogen-bond acceptors (Lipinski definition) is 5. The van der Waals surface area contributed by atoms with Gasteiger partial charge < -0.3 is 10.1 Å². The Kier molecular flexibility index (Phi) is 4.06. The van der Waals surface area contributed by atoms with Gasteiger partial charge in [0.1, 0.15) is 0 Å². The zero-order chi connectivity index (χ0) is 16.7. The fourth-order valence-electron chi connectivity index (χ4n) is 3.12. The van der Waals surface area contributed by atoms with Crippen LogP contribution in [-0.4, -0.2) is 38.4 Å². The van der Waals surface area contributed by atoms with E-state index < -0.39 is 14.6 Å². The molecule has 124 valence electrons. The number of nitrogens with zero attached hydrogens (tertiary/aromatic N) is 1. The molecule has 0 bridgehead atoms. The molecule has 1 N–H and O–H groups in total. The lowest BCUT2D eigenvalue weighted by atomic mass is 10.0. The molecule has 0 atom stereocenters. The Morgan fingerprint density at radius 1 is 1.26 bits per heavy atom. The van der Waals surface area contributed by atoms with E-state index in [0.29, 0.717) is 31.0 Å². The molecular weight excluding hydrogens is 312 g/mol. The summed E-state index contributed by atoms with van der Waals surface area (Å²) in [7, 11) is -1.62. The van der Waals surface area contributed by atoms with E-state index >= 15 is 0 Å². The molecule has 6 heteroatoms. The molecule has 1 aliphatic rings. The molecule has 3 rings (SSSR count). The van der Waals surface area contributed by atoms with Crippen molar-refractivity contribution in [2.75, 3.05) is 25.6 Å². The SMILES string of the molecule is CNc1ccnc2cc(C)c(S(=O)(=O)C3(C)CCOCC3)cc12. The third kappa shape index (κ3) is 2.60. The van der Waals surface area contributed by atoms with E-state index in [1.807, 2.05) is 33.0 Å². The molecule has 1 aliphatic heterocycles. The third-order valence-corrected chi connectivity index (χ3v) is 7.52. The first-order chi connectivity index (χ1) is 10.9. The topological polar surface area (TPSA) is 68.3 Å². The largest absolute Gasteiger partial charge is 0.388 e. The molecule has 1 aromatic carbocycles. The van der Waals surface area contributed by atoms with Crippen LogP contribution in [0.1, 0.15) is 25.3 Å². The summed E-state index contributed by atoms with van der Waals surface area (Å²) >= 11 is 0. The fourth-order valence-corrected chi connectivity index (χ4v) is 5.11. The average Bonchev–Trinajstić information content (AvgIpc) is 2.54. The van der Waals surface area contributed by atoms with Gasteiger partial charge in [-0.05, 0) is 50.5 Å². The maximum atomic E-state index is 13.3. The molecule has 0 radical (unpaired) electrons. The van der Waals surface area contributed by atoms with Crippen LogP contribution in [-0.2, 0) is 14.6 Å².